The number of aromatic nitrogens is 1. The van der Waals surface area contributed by atoms with Crippen LogP contribution >= 0.6 is 11.3 Å². The molecule has 1 saturated heterocycles. The summed E-state index contributed by atoms with van der Waals surface area (Å²) in [5.41, 5.74) is 3.45. The summed E-state index contributed by atoms with van der Waals surface area (Å²) in [6.07, 6.45) is 5.02. The topological polar surface area (TPSA) is 36.4 Å². The molecule has 1 aromatic heterocycles. The molecular formula is C25H26FN3OS. The minimum atomic E-state index is -0.250. The number of rotatable bonds is 4. The summed E-state index contributed by atoms with van der Waals surface area (Å²) >= 11 is 1.55. The molecule has 0 atom stereocenters. The first-order valence-electron chi connectivity index (χ1n) is 11.0. The van der Waals surface area contributed by atoms with Crippen LogP contribution in [0.1, 0.15) is 36.0 Å². The van der Waals surface area contributed by atoms with Crippen LogP contribution in [-0.4, -0.2) is 52.9 Å². The average Bonchev–Trinajstić information content (AvgIpc) is 3.13. The van der Waals surface area contributed by atoms with Crippen molar-refractivity contribution >= 4 is 17.2 Å². The molecule has 4 nitrogen and oxygen atoms in total. The van der Waals surface area contributed by atoms with Crippen molar-refractivity contribution in [3.63, 3.8) is 0 Å². The summed E-state index contributed by atoms with van der Waals surface area (Å²) in [7, 11) is 0. The second-order valence-corrected chi connectivity index (χ2v) is 9.25. The molecule has 2 fully saturated rings. The van der Waals surface area contributed by atoms with Gasteiger partial charge in [0.05, 0.1) is 5.69 Å². The minimum Gasteiger partial charge on any atom is -0.337 e. The highest BCUT2D eigenvalue weighted by atomic mass is 32.1. The van der Waals surface area contributed by atoms with E-state index in [9.17, 15) is 9.18 Å². The molecule has 2 aliphatic rings. The summed E-state index contributed by atoms with van der Waals surface area (Å²) in [4.78, 5) is 22.3. The van der Waals surface area contributed by atoms with Gasteiger partial charge in [-0.05, 0) is 55.7 Å². The lowest BCUT2D eigenvalue weighted by molar-refractivity contribution is 0.0749. The lowest BCUT2D eigenvalue weighted by Gasteiger charge is -2.36. The molecule has 2 heterocycles. The summed E-state index contributed by atoms with van der Waals surface area (Å²) in [6.45, 7) is 3.73. The predicted octanol–water partition coefficient (Wildman–Crippen LogP) is 5.32. The fourth-order valence-electron chi connectivity index (χ4n) is 4.36. The maximum Gasteiger partial charge on any atom is 0.253 e. The highest BCUT2D eigenvalue weighted by Crippen LogP contribution is 2.30. The van der Waals surface area contributed by atoms with E-state index in [1.807, 2.05) is 34.5 Å². The lowest BCUT2D eigenvalue weighted by Crippen LogP contribution is -2.42. The lowest BCUT2D eigenvalue weighted by atomic mass is 9.91. The van der Waals surface area contributed by atoms with Gasteiger partial charge in [-0.15, -0.1) is 11.3 Å². The van der Waals surface area contributed by atoms with Crippen LogP contribution in [-0.2, 0) is 0 Å². The molecule has 5 rings (SSSR count). The number of carbonyl (C=O) groups is 1. The first-order chi connectivity index (χ1) is 15.2. The monoisotopic (exact) mass is 435 g/mol. The van der Waals surface area contributed by atoms with Gasteiger partial charge in [-0.2, -0.15) is 0 Å². The van der Waals surface area contributed by atoms with Crippen LogP contribution in [0.15, 0.2) is 53.9 Å². The molecule has 31 heavy (non-hydrogen) atoms. The van der Waals surface area contributed by atoms with Crippen molar-refractivity contribution in [3.05, 3.63) is 65.3 Å². The van der Waals surface area contributed by atoms with Gasteiger partial charge in [-0.3, -0.25) is 9.69 Å². The number of amides is 1. The molecule has 2 aromatic carbocycles. The summed E-state index contributed by atoms with van der Waals surface area (Å²) < 4.78 is 13.2. The van der Waals surface area contributed by atoms with Gasteiger partial charge in [0, 0.05) is 54.3 Å². The average molecular weight is 436 g/mol. The Kier molecular flexibility index (Phi) is 5.83. The van der Waals surface area contributed by atoms with Crippen LogP contribution in [0.4, 0.5) is 4.39 Å². The van der Waals surface area contributed by atoms with Gasteiger partial charge in [0.25, 0.3) is 5.91 Å². The van der Waals surface area contributed by atoms with Crippen molar-refractivity contribution in [2.24, 2.45) is 0 Å². The minimum absolute atomic E-state index is 0.119. The quantitative estimate of drug-likeness (QED) is 0.557. The Bertz CT molecular complexity index is 1040. The van der Waals surface area contributed by atoms with Crippen molar-refractivity contribution in [3.8, 4) is 21.8 Å². The van der Waals surface area contributed by atoms with Gasteiger partial charge in [0.1, 0.15) is 10.8 Å². The summed E-state index contributed by atoms with van der Waals surface area (Å²) in [6, 6.07) is 14.9. The molecule has 1 aliphatic carbocycles. The number of hydrogen-bond acceptors (Lipinski definition) is 4. The third kappa shape index (κ3) is 4.41. The Balaban J connectivity index is 1.25. The van der Waals surface area contributed by atoms with Crippen LogP contribution in [0.3, 0.4) is 0 Å². The maximum absolute atomic E-state index is 13.2. The molecule has 3 aromatic rings. The van der Waals surface area contributed by atoms with Gasteiger partial charge in [-0.1, -0.05) is 18.6 Å². The summed E-state index contributed by atoms with van der Waals surface area (Å²) in [5, 5.41) is 2.87. The van der Waals surface area contributed by atoms with Gasteiger partial charge < -0.3 is 4.90 Å². The van der Waals surface area contributed by atoms with Crippen molar-refractivity contribution in [1.29, 1.82) is 0 Å². The number of halogens is 1. The van der Waals surface area contributed by atoms with E-state index in [1.54, 1.807) is 23.5 Å². The van der Waals surface area contributed by atoms with Crippen LogP contribution in [0.2, 0.25) is 0 Å². The molecule has 1 saturated carbocycles. The van der Waals surface area contributed by atoms with E-state index in [2.05, 4.69) is 4.90 Å². The van der Waals surface area contributed by atoms with Crippen molar-refractivity contribution < 1.29 is 9.18 Å². The van der Waals surface area contributed by atoms with E-state index in [0.29, 0.717) is 0 Å². The van der Waals surface area contributed by atoms with Crippen LogP contribution in [0.5, 0.6) is 0 Å². The van der Waals surface area contributed by atoms with Gasteiger partial charge in [-0.25, -0.2) is 9.37 Å². The zero-order valence-corrected chi connectivity index (χ0v) is 18.3. The molecule has 0 bridgehead atoms. The second kappa shape index (κ2) is 8.89. The highest BCUT2D eigenvalue weighted by molar-refractivity contribution is 7.13. The van der Waals surface area contributed by atoms with E-state index in [1.165, 1.54) is 31.4 Å². The van der Waals surface area contributed by atoms with E-state index in [-0.39, 0.29) is 11.7 Å². The third-order valence-corrected chi connectivity index (χ3v) is 7.32. The van der Waals surface area contributed by atoms with Crippen molar-refractivity contribution in [1.82, 2.24) is 14.8 Å². The SMILES string of the molecule is O=C(c1ccc(-c2nc(-c3ccc(F)cc3)cs2)cc1)N1CCCN(C2CCC2)CC1. The number of carbonyl (C=O) groups excluding carboxylic acids is 1. The van der Waals surface area contributed by atoms with E-state index in [0.717, 1.165) is 66.0 Å². The predicted molar refractivity (Wildman–Crippen MR) is 123 cm³/mol. The first kappa shape index (κ1) is 20.3. The fourth-order valence-corrected chi connectivity index (χ4v) is 5.19. The molecule has 1 aliphatic heterocycles. The highest BCUT2D eigenvalue weighted by Gasteiger charge is 2.28. The summed E-state index contributed by atoms with van der Waals surface area (Å²) in [5.74, 6) is -0.132. The second-order valence-electron chi connectivity index (χ2n) is 8.39. The molecular weight excluding hydrogens is 409 g/mol. The number of benzene rings is 2. The van der Waals surface area contributed by atoms with Crippen LogP contribution in [0, 0.1) is 5.82 Å². The smallest absolute Gasteiger partial charge is 0.253 e. The Morgan fingerprint density at radius 1 is 0.903 bits per heavy atom. The molecule has 0 spiro atoms. The maximum atomic E-state index is 13.2. The largest absolute Gasteiger partial charge is 0.337 e. The van der Waals surface area contributed by atoms with Crippen molar-refractivity contribution in [2.45, 2.75) is 31.7 Å². The zero-order chi connectivity index (χ0) is 21.2. The molecule has 0 radical (unpaired) electrons. The molecule has 0 unspecified atom stereocenters. The molecule has 1 amide bonds. The van der Waals surface area contributed by atoms with E-state index < -0.39 is 0 Å². The Morgan fingerprint density at radius 2 is 1.65 bits per heavy atom. The molecule has 160 valence electrons. The van der Waals surface area contributed by atoms with Crippen LogP contribution in [0.25, 0.3) is 21.8 Å². The Hall–Kier alpha value is -2.57. The number of nitrogens with zero attached hydrogens (tertiary/aromatic N) is 3. The number of hydrogen-bond donors (Lipinski definition) is 0. The third-order valence-electron chi connectivity index (χ3n) is 6.43. The zero-order valence-electron chi connectivity index (χ0n) is 17.5. The van der Waals surface area contributed by atoms with Gasteiger partial charge in [0.2, 0.25) is 0 Å². The Morgan fingerprint density at radius 3 is 2.35 bits per heavy atom. The van der Waals surface area contributed by atoms with Crippen molar-refractivity contribution in [2.75, 3.05) is 26.2 Å². The molecule has 0 N–H and O–H groups in total. The van der Waals surface area contributed by atoms with Gasteiger partial charge >= 0.3 is 0 Å². The number of thiazole rings is 1. The van der Waals surface area contributed by atoms with E-state index in [4.69, 9.17) is 4.98 Å². The van der Waals surface area contributed by atoms with Gasteiger partial charge in [0.15, 0.2) is 0 Å². The fraction of sp³-hybridized carbons (Fsp3) is 0.360. The standard InChI is InChI=1S/C25H26FN3OS/c26-21-11-9-18(10-12-21)23-17-31-24(27-23)19-5-7-20(8-6-19)25(30)29-14-2-13-28(15-16-29)22-3-1-4-22/h5-12,17,22H,1-4,13-16H2. The van der Waals surface area contributed by atoms with E-state index >= 15 is 0 Å². The normalized spacial score (nSPS) is 17.9. The first-order valence-corrected chi connectivity index (χ1v) is 11.9. The van der Waals surface area contributed by atoms with Crippen LogP contribution < -0.4 is 0 Å². The molecule has 6 heteroatoms. The Labute approximate surface area is 186 Å².